The van der Waals surface area contributed by atoms with Gasteiger partial charge in [0.05, 0.1) is 11.4 Å². The maximum absolute atomic E-state index is 4.83. The fourth-order valence-corrected chi connectivity index (χ4v) is 3.37. The van der Waals surface area contributed by atoms with Gasteiger partial charge in [-0.15, -0.1) is 0 Å². The molecule has 3 heteroatoms. The van der Waals surface area contributed by atoms with Gasteiger partial charge in [0.1, 0.15) is 5.82 Å². The molecule has 0 unspecified atom stereocenters. The molecule has 4 aromatic rings. The van der Waals surface area contributed by atoms with Crippen LogP contribution in [-0.4, -0.2) is 9.97 Å². The van der Waals surface area contributed by atoms with Crippen molar-refractivity contribution in [1.82, 2.24) is 9.97 Å². The van der Waals surface area contributed by atoms with E-state index in [0.29, 0.717) is 6.42 Å². The molecule has 3 aromatic carbocycles. The third kappa shape index (κ3) is 3.89. The zero-order valence-electron chi connectivity index (χ0n) is 14.1. The summed E-state index contributed by atoms with van der Waals surface area (Å²) in [5, 5.41) is 0. The molecule has 0 atom stereocenters. The monoisotopic (exact) mass is 400 g/mol. The van der Waals surface area contributed by atoms with Crippen LogP contribution in [0.4, 0.5) is 0 Å². The lowest BCUT2D eigenvalue weighted by molar-refractivity contribution is 0.975. The summed E-state index contributed by atoms with van der Waals surface area (Å²) in [6.07, 6.45) is 0.694. The molecule has 4 rings (SSSR count). The second-order valence-corrected chi connectivity index (χ2v) is 7.01. The number of rotatable bonds is 4. The summed E-state index contributed by atoms with van der Waals surface area (Å²) >= 11 is 3.54. The van der Waals surface area contributed by atoms with E-state index >= 15 is 0 Å². The van der Waals surface area contributed by atoms with Crippen LogP contribution in [0.25, 0.3) is 22.5 Å². The summed E-state index contributed by atoms with van der Waals surface area (Å²) in [6, 6.07) is 30.9. The summed E-state index contributed by atoms with van der Waals surface area (Å²) in [5.74, 6) is 0.823. The molecule has 0 bridgehead atoms. The molecule has 126 valence electrons. The molecule has 0 aliphatic heterocycles. The van der Waals surface area contributed by atoms with Crippen molar-refractivity contribution in [3.63, 3.8) is 0 Å². The van der Waals surface area contributed by atoms with Crippen molar-refractivity contribution in [2.24, 2.45) is 0 Å². The van der Waals surface area contributed by atoms with Gasteiger partial charge in [-0.05, 0) is 23.8 Å². The Morgan fingerprint density at radius 2 is 1.19 bits per heavy atom. The van der Waals surface area contributed by atoms with Gasteiger partial charge in [0.25, 0.3) is 0 Å². The summed E-state index contributed by atoms with van der Waals surface area (Å²) in [6.45, 7) is 0. The Kier molecular flexibility index (Phi) is 4.89. The Morgan fingerprint density at radius 3 is 1.73 bits per heavy atom. The quantitative estimate of drug-likeness (QED) is 0.409. The number of benzene rings is 3. The molecule has 0 aliphatic rings. The van der Waals surface area contributed by atoms with Crippen LogP contribution in [0.1, 0.15) is 11.4 Å². The van der Waals surface area contributed by atoms with Gasteiger partial charge in [-0.2, -0.15) is 0 Å². The molecule has 0 N–H and O–H groups in total. The normalized spacial score (nSPS) is 10.7. The van der Waals surface area contributed by atoms with E-state index in [0.717, 1.165) is 32.8 Å². The maximum Gasteiger partial charge on any atom is 0.134 e. The Bertz CT molecular complexity index is 957. The highest BCUT2D eigenvalue weighted by Crippen LogP contribution is 2.24. The molecular formula is C23H17BrN2. The van der Waals surface area contributed by atoms with Crippen molar-refractivity contribution in [2.45, 2.75) is 6.42 Å². The standard InChI is InChI=1S/C23H17BrN2/c24-20-13-7-8-17(14-20)15-23-25-21(18-9-3-1-4-10-18)16-22(26-23)19-11-5-2-6-12-19/h1-14,16H,15H2. The van der Waals surface area contributed by atoms with Crippen molar-refractivity contribution in [1.29, 1.82) is 0 Å². The van der Waals surface area contributed by atoms with E-state index in [2.05, 4.69) is 58.4 Å². The van der Waals surface area contributed by atoms with Crippen LogP contribution in [0.3, 0.4) is 0 Å². The zero-order valence-corrected chi connectivity index (χ0v) is 15.7. The SMILES string of the molecule is Brc1cccc(Cc2nc(-c3ccccc3)cc(-c3ccccc3)n2)c1. The lowest BCUT2D eigenvalue weighted by atomic mass is 10.1. The van der Waals surface area contributed by atoms with Crippen molar-refractivity contribution in [3.8, 4) is 22.5 Å². The molecule has 0 saturated heterocycles. The van der Waals surface area contributed by atoms with Crippen LogP contribution in [0.5, 0.6) is 0 Å². The van der Waals surface area contributed by atoms with Crippen LogP contribution < -0.4 is 0 Å². The molecule has 2 nitrogen and oxygen atoms in total. The summed E-state index contributed by atoms with van der Waals surface area (Å²) < 4.78 is 1.07. The lowest BCUT2D eigenvalue weighted by Gasteiger charge is -2.09. The van der Waals surface area contributed by atoms with E-state index < -0.39 is 0 Å². The molecule has 26 heavy (non-hydrogen) atoms. The second-order valence-electron chi connectivity index (χ2n) is 6.09. The van der Waals surface area contributed by atoms with E-state index in [-0.39, 0.29) is 0 Å². The predicted molar refractivity (Wildman–Crippen MR) is 110 cm³/mol. The van der Waals surface area contributed by atoms with Crippen molar-refractivity contribution in [3.05, 3.63) is 107 Å². The largest absolute Gasteiger partial charge is 0.233 e. The van der Waals surface area contributed by atoms with Gasteiger partial charge in [0.15, 0.2) is 0 Å². The van der Waals surface area contributed by atoms with Crippen molar-refractivity contribution in [2.75, 3.05) is 0 Å². The number of hydrogen-bond donors (Lipinski definition) is 0. The van der Waals surface area contributed by atoms with Crippen molar-refractivity contribution >= 4 is 15.9 Å². The van der Waals surface area contributed by atoms with Crippen molar-refractivity contribution < 1.29 is 0 Å². The first-order valence-corrected chi connectivity index (χ1v) is 9.30. The highest BCUT2D eigenvalue weighted by Gasteiger charge is 2.09. The molecule has 0 spiro atoms. The zero-order chi connectivity index (χ0) is 17.8. The number of hydrogen-bond acceptors (Lipinski definition) is 2. The number of nitrogens with zero attached hydrogens (tertiary/aromatic N) is 2. The fourth-order valence-electron chi connectivity index (χ4n) is 2.92. The first kappa shape index (κ1) is 16.7. The maximum atomic E-state index is 4.83. The van der Waals surface area contributed by atoms with Gasteiger partial charge in [0, 0.05) is 22.0 Å². The molecule has 0 fully saturated rings. The minimum Gasteiger partial charge on any atom is -0.233 e. The number of aromatic nitrogens is 2. The Balaban J connectivity index is 1.80. The van der Waals surface area contributed by atoms with E-state index in [4.69, 9.17) is 9.97 Å². The average molecular weight is 401 g/mol. The van der Waals surface area contributed by atoms with E-state index in [1.165, 1.54) is 5.56 Å². The first-order chi connectivity index (χ1) is 12.8. The third-order valence-electron chi connectivity index (χ3n) is 4.16. The van der Waals surface area contributed by atoms with Gasteiger partial charge in [-0.3, -0.25) is 0 Å². The second kappa shape index (κ2) is 7.63. The first-order valence-electron chi connectivity index (χ1n) is 8.51. The van der Waals surface area contributed by atoms with Gasteiger partial charge >= 0.3 is 0 Å². The van der Waals surface area contributed by atoms with E-state index in [1.807, 2.05) is 48.5 Å². The number of halogens is 1. The highest BCUT2D eigenvalue weighted by atomic mass is 79.9. The van der Waals surface area contributed by atoms with Crippen LogP contribution in [0.2, 0.25) is 0 Å². The highest BCUT2D eigenvalue weighted by molar-refractivity contribution is 9.10. The molecule has 0 amide bonds. The topological polar surface area (TPSA) is 25.8 Å². The summed E-state index contributed by atoms with van der Waals surface area (Å²) in [7, 11) is 0. The van der Waals surface area contributed by atoms with E-state index in [1.54, 1.807) is 0 Å². The van der Waals surface area contributed by atoms with Crippen LogP contribution >= 0.6 is 15.9 Å². The minimum atomic E-state index is 0.694. The Hall–Kier alpha value is -2.78. The van der Waals surface area contributed by atoms with Gasteiger partial charge in [-0.25, -0.2) is 9.97 Å². The fraction of sp³-hybridized carbons (Fsp3) is 0.0435. The third-order valence-corrected chi connectivity index (χ3v) is 4.66. The van der Waals surface area contributed by atoms with Crippen LogP contribution in [0, 0.1) is 0 Å². The minimum absolute atomic E-state index is 0.694. The molecule has 0 aliphatic carbocycles. The lowest BCUT2D eigenvalue weighted by Crippen LogP contribution is -2.00. The van der Waals surface area contributed by atoms with Gasteiger partial charge in [-0.1, -0.05) is 88.7 Å². The molecule has 0 radical (unpaired) electrons. The molecule has 1 heterocycles. The van der Waals surface area contributed by atoms with E-state index in [9.17, 15) is 0 Å². The average Bonchev–Trinajstić information content (AvgIpc) is 2.69. The Labute approximate surface area is 161 Å². The van der Waals surface area contributed by atoms with Gasteiger partial charge < -0.3 is 0 Å². The molecular weight excluding hydrogens is 384 g/mol. The summed E-state index contributed by atoms with van der Waals surface area (Å²) in [5.41, 5.74) is 5.28. The van der Waals surface area contributed by atoms with Gasteiger partial charge in [0.2, 0.25) is 0 Å². The smallest absolute Gasteiger partial charge is 0.134 e. The molecule has 0 saturated carbocycles. The predicted octanol–water partition coefficient (Wildman–Crippen LogP) is 6.16. The molecule has 1 aromatic heterocycles. The Morgan fingerprint density at radius 1 is 0.615 bits per heavy atom. The summed E-state index contributed by atoms with van der Waals surface area (Å²) in [4.78, 5) is 9.66. The van der Waals surface area contributed by atoms with Crippen LogP contribution in [-0.2, 0) is 6.42 Å². The van der Waals surface area contributed by atoms with Crippen LogP contribution in [0.15, 0.2) is 95.5 Å².